The maximum Gasteiger partial charge on any atom is 0.322 e. The van der Waals surface area contributed by atoms with Crippen LogP contribution in [0.25, 0.3) is 0 Å². The van der Waals surface area contributed by atoms with Crippen LogP contribution in [-0.4, -0.2) is 17.5 Å². The third kappa shape index (κ3) is 2.46. The van der Waals surface area contributed by atoms with Crippen LogP contribution in [0.15, 0.2) is 47.8 Å². The predicted octanol–water partition coefficient (Wildman–Crippen LogP) is 2.86. The minimum atomic E-state index is -1.10. The molecule has 0 aliphatic carbocycles. The fourth-order valence-corrected chi connectivity index (χ4v) is 3.45. The number of ether oxygens (including phenoxy) is 1. The van der Waals surface area contributed by atoms with Gasteiger partial charge in [0.15, 0.2) is 11.6 Å². The summed E-state index contributed by atoms with van der Waals surface area (Å²) in [6.07, 6.45) is -0.147. The number of benzene rings is 1. The van der Waals surface area contributed by atoms with Crippen LogP contribution in [0.5, 0.6) is 5.75 Å². The Hall–Kier alpha value is -2.34. The second-order valence-corrected chi connectivity index (χ2v) is 6.04. The molecule has 2 heterocycles. The molecular formula is C16H16N2O3S. The summed E-state index contributed by atoms with van der Waals surface area (Å²) in [4.78, 5) is 24.9. The quantitative estimate of drug-likeness (QED) is 0.834. The molecule has 1 fully saturated rings. The fourth-order valence-electron chi connectivity index (χ4n) is 2.60. The molecule has 3 amide bonds. The molecule has 1 saturated heterocycles. The van der Waals surface area contributed by atoms with Crippen LogP contribution in [0.4, 0.5) is 4.79 Å². The maximum absolute atomic E-state index is 12.4. The number of hydrogen-bond donors (Lipinski definition) is 2. The van der Waals surface area contributed by atoms with Gasteiger partial charge in [0.25, 0.3) is 5.91 Å². The second kappa shape index (κ2) is 5.81. The third-order valence-corrected chi connectivity index (χ3v) is 4.69. The van der Waals surface area contributed by atoms with Crippen molar-refractivity contribution in [3.63, 3.8) is 0 Å². The minimum absolute atomic E-state index is 0.352. The van der Waals surface area contributed by atoms with E-state index in [4.69, 9.17) is 4.74 Å². The molecule has 5 nitrogen and oxygen atoms in total. The summed E-state index contributed by atoms with van der Waals surface area (Å²) in [5, 5.41) is 7.01. The van der Waals surface area contributed by atoms with Crippen molar-refractivity contribution in [3.8, 4) is 5.75 Å². The van der Waals surface area contributed by atoms with Gasteiger partial charge in [-0.15, -0.1) is 11.3 Å². The van der Waals surface area contributed by atoms with Gasteiger partial charge in [-0.25, -0.2) is 4.79 Å². The number of hydrogen-bond acceptors (Lipinski definition) is 4. The Bertz CT molecular complexity index is 672. The lowest BCUT2D eigenvalue weighted by Crippen LogP contribution is -2.53. The summed E-state index contributed by atoms with van der Waals surface area (Å²) in [5.41, 5.74) is -1.10. The van der Waals surface area contributed by atoms with Gasteiger partial charge in [-0.3, -0.25) is 10.1 Å². The Morgan fingerprint density at radius 1 is 1.18 bits per heavy atom. The highest BCUT2D eigenvalue weighted by molar-refractivity contribution is 7.10. The number of urea groups is 1. The zero-order valence-electron chi connectivity index (χ0n) is 12.0. The Labute approximate surface area is 132 Å². The SMILES string of the molecule is CCC1(C(Oc2ccccc2)c2cccs2)NC(=O)NC1=O. The van der Waals surface area contributed by atoms with Gasteiger partial charge in [0, 0.05) is 4.88 Å². The van der Waals surface area contributed by atoms with E-state index in [0.717, 1.165) is 4.88 Å². The number of thiophene rings is 1. The van der Waals surface area contributed by atoms with Crippen molar-refractivity contribution < 1.29 is 14.3 Å². The standard InChI is InChI=1S/C16H16N2O3S/c1-2-16(14(19)17-15(20)18-16)13(12-9-6-10-22-12)21-11-7-4-3-5-8-11/h3-10,13H,2H2,1H3,(H2,17,18,19,20). The van der Waals surface area contributed by atoms with Gasteiger partial charge in [0.2, 0.25) is 0 Å². The topological polar surface area (TPSA) is 67.4 Å². The van der Waals surface area contributed by atoms with E-state index >= 15 is 0 Å². The van der Waals surface area contributed by atoms with Crippen molar-refractivity contribution in [2.75, 3.05) is 0 Å². The number of nitrogens with one attached hydrogen (secondary N) is 2. The molecule has 0 spiro atoms. The van der Waals surface area contributed by atoms with E-state index in [0.29, 0.717) is 12.2 Å². The molecular weight excluding hydrogens is 300 g/mol. The summed E-state index contributed by atoms with van der Waals surface area (Å²) in [6, 6.07) is 12.6. The smallest absolute Gasteiger partial charge is 0.322 e. The van der Waals surface area contributed by atoms with E-state index in [1.807, 2.05) is 54.8 Å². The number of rotatable bonds is 5. The van der Waals surface area contributed by atoms with Gasteiger partial charge in [0.05, 0.1) is 0 Å². The summed E-state index contributed by atoms with van der Waals surface area (Å²) in [6.45, 7) is 1.86. The van der Waals surface area contributed by atoms with Gasteiger partial charge in [-0.1, -0.05) is 31.2 Å². The average Bonchev–Trinajstić information content (AvgIpc) is 3.14. The molecule has 0 saturated carbocycles. The van der Waals surface area contributed by atoms with Crippen molar-refractivity contribution in [2.24, 2.45) is 0 Å². The third-order valence-electron chi connectivity index (χ3n) is 3.77. The first-order chi connectivity index (χ1) is 10.7. The van der Waals surface area contributed by atoms with Gasteiger partial charge in [-0.2, -0.15) is 0 Å². The lowest BCUT2D eigenvalue weighted by molar-refractivity contribution is -0.127. The minimum Gasteiger partial charge on any atom is -0.482 e. The molecule has 2 atom stereocenters. The molecule has 6 heteroatoms. The largest absolute Gasteiger partial charge is 0.482 e. The van der Waals surface area contributed by atoms with E-state index in [1.165, 1.54) is 11.3 Å². The van der Waals surface area contributed by atoms with E-state index < -0.39 is 17.7 Å². The van der Waals surface area contributed by atoms with Crippen LogP contribution in [0.1, 0.15) is 24.3 Å². The molecule has 3 rings (SSSR count). The number of carbonyl (C=O) groups is 2. The first-order valence-corrected chi connectivity index (χ1v) is 7.92. The Balaban J connectivity index is 2.01. The van der Waals surface area contributed by atoms with Gasteiger partial charge in [0.1, 0.15) is 5.75 Å². The number of para-hydroxylation sites is 1. The van der Waals surface area contributed by atoms with E-state index in [-0.39, 0.29) is 5.91 Å². The molecule has 1 aliphatic rings. The summed E-state index contributed by atoms with van der Waals surface area (Å²) in [7, 11) is 0. The van der Waals surface area contributed by atoms with Crippen molar-refractivity contribution in [1.82, 2.24) is 10.6 Å². The molecule has 22 heavy (non-hydrogen) atoms. The lowest BCUT2D eigenvalue weighted by atomic mass is 9.88. The normalized spacial score (nSPS) is 22.0. The molecule has 1 aliphatic heterocycles. The molecule has 0 bridgehead atoms. The van der Waals surface area contributed by atoms with Gasteiger partial charge in [-0.05, 0) is 30.0 Å². The Morgan fingerprint density at radius 2 is 1.95 bits per heavy atom. The first-order valence-electron chi connectivity index (χ1n) is 7.04. The van der Waals surface area contributed by atoms with Crippen LogP contribution in [0.2, 0.25) is 0 Å². The molecule has 2 unspecified atom stereocenters. The van der Waals surface area contributed by atoms with Crippen molar-refractivity contribution in [1.29, 1.82) is 0 Å². The Morgan fingerprint density at radius 3 is 2.50 bits per heavy atom. The summed E-state index contributed by atoms with van der Waals surface area (Å²) in [5.74, 6) is 0.303. The van der Waals surface area contributed by atoms with Crippen molar-refractivity contribution in [2.45, 2.75) is 25.0 Å². The van der Waals surface area contributed by atoms with Gasteiger partial charge >= 0.3 is 6.03 Å². The van der Waals surface area contributed by atoms with Crippen LogP contribution >= 0.6 is 11.3 Å². The zero-order valence-corrected chi connectivity index (χ0v) is 12.9. The highest BCUT2D eigenvalue weighted by Gasteiger charge is 2.53. The second-order valence-electron chi connectivity index (χ2n) is 5.06. The number of carbonyl (C=O) groups excluding carboxylic acids is 2. The summed E-state index contributed by atoms with van der Waals surface area (Å²) < 4.78 is 6.09. The maximum atomic E-state index is 12.4. The van der Waals surface area contributed by atoms with Crippen LogP contribution in [0.3, 0.4) is 0 Å². The highest BCUT2D eigenvalue weighted by atomic mass is 32.1. The van der Waals surface area contributed by atoms with Crippen LogP contribution in [-0.2, 0) is 4.79 Å². The number of imide groups is 1. The summed E-state index contributed by atoms with van der Waals surface area (Å²) >= 11 is 1.50. The molecule has 2 aromatic rings. The molecule has 1 aromatic carbocycles. The molecule has 114 valence electrons. The van der Waals surface area contributed by atoms with Gasteiger partial charge < -0.3 is 10.1 Å². The first kappa shape index (κ1) is 14.6. The van der Waals surface area contributed by atoms with E-state index in [2.05, 4.69) is 10.6 Å². The fraction of sp³-hybridized carbons (Fsp3) is 0.250. The van der Waals surface area contributed by atoms with E-state index in [9.17, 15) is 9.59 Å². The van der Waals surface area contributed by atoms with Crippen LogP contribution in [0, 0.1) is 0 Å². The van der Waals surface area contributed by atoms with Crippen molar-refractivity contribution >= 4 is 23.3 Å². The highest BCUT2D eigenvalue weighted by Crippen LogP contribution is 2.37. The zero-order chi connectivity index (χ0) is 15.6. The predicted molar refractivity (Wildman–Crippen MR) is 83.8 cm³/mol. The molecule has 2 N–H and O–H groups in total. The molecule has 0 radical (unpaired) electrons. The van der Waals surface area contributed by atoms with Crippen molar-refractivity contribution in [3.05, 3.63) is 52.7 Å². The average molecular weight is 316 g/mol. The lowest BCUT2D eigenvalue weighted by Gasteiger charge is -2.33. The molecule has 1 aromatic heterocycles. The van der Waals surface area contributed by atoms with Crippen LogP contribution < -0.4 is 15.4 Å². The number of amides is 3. The van der Waals surface area contributed by atoms with E-state index in [1.54, 1.807) is 0 Å². The Kier molecular flexibility index (Phi) is 3.85. The monoisotopic (exact) mass is 316 g/mol.